The fourth-order valence-electron chi connectivity index (χ4n) is 3.40. The van der Waals surface area contributed by atoms with Crippen LogP contribution in [0.4, 0.5) is 16.5 Å². The molecule has 168 valence electrons. The Bertz CT molecular complexity index is 1450. The molecule has 0 saturated heterocycles. The zero-order valence-electron chi connectivity index (χ0n) is 18.1. The molecule has 0 fully saturated rings. The van der Waals surface area contributed by atoms with E-state index in [1.165, 1.54) is 11.3 Å². The average molecular weight is 531 g/mol. The first-order valence-corrected chi connectivity index (χ1v) is 12.1. The minimum Gasteiger partial charge on any atom is -0.331 e. The number of nitrogens with zero attached hydrogens (tertiary/aromatic N) is 4. The molecule has 0 atom stereocenters. The van der Waals surface area contributed by atoms with E-state index in [9.17, 15) is 4.79 Å². The maximum Gasteiger partial charge on any atom is 0.255 e. The van der Waals surface area contributed by atoms with Gasteiger partial charge >= 0.3 is 0 Å². The van der Waals surface area contributed by atoms with Crippen LogP contribution >= 0.6 is 27.3 Å². The summed E-state index contributed by atoms with van der Waals surface area (Å²) in [4.78, 5) is 25.9. The molecule has 0 aliphatic rings. The molecule has 0 aliphatic carbocycles. The monoisotopic (exact) mass is 530 g/mol. The number of thiazole rings is 1. The zero-order valence-corrected chi connectivity index (χ0v) is 20.5. The van der Waals surface area contributed by atoms with Gasteiger partial charge in [0.15, 0.2) is 5.13 Å². The van der Waals surface area contributed by atoms with Crippen LogP contribution in [0.2, 0.25) is 0 Å². The molecule has 7 nitrogen and oxygen atoms in total. The Morgan fingerprint density at radius 3 is 2.79 bits per heavy atom. The van der Waals surface area contributed by atoms with Gasteiger partial charge in [-0.05, 0) is 55.0 Å². The molecule has 0 spiro atoms. The molecular weight excluding hydrogens is 512 g/mol. The van der Waals surface area contributed by atoms with E-state index < -0.39 is 0 Å². The fourth-order valence-corrected chi connectivity index (χ4v) is 4.61. The largest absolute Gasteiger partial charge is 0.331 e. The van der Waals surface area contributed by atoms with Crippen LogP contribution in [0.25, 0.3) is 16.9 Å². The Morgan fingerprint density at radius 2 is 2.00 bits per heavy atom. The highest BCUT2D eigenvalue weighted by atomic mass is 79.9. The first-order chi connectivity index (χ1) is 16.5. The van der Waals surface area contributed by atoms with E-state index in [1.807, 2.05) is 71.6 Å². The lowest BCUT2D eigenvalue weighted by molar-refractivity contribution is 0.102. The van der Waals surface area contributed by atoms with E-state index in [0.717, 1.165) is 37.8 Å². The topological polar surface area (TPSA) is 84.7 Å². The highest BCUT2D eigenvalue weighted by Crippen LogP contribution is 2.29. The van der Waals surface area contributed by atoms with Crippen molar-refractivity contribution in [1.29, 1.82) is 0 Å². The lowest BCUT2D eigenvalue weighted by Crippen LogP contribution is -2.12. The summed E-state index contributed by atoms with van der Waals surface area (Å²) in [7, 11) is 0. The van der Waals surface area contributed by atoms with Crippen LogP contribution in [0.3, 0.4) is 0 Å². The van der Waals surface area contributed by atoms with E-state index in [4.69, 9.17) is 0 Å². The number of anilines is 3. The van der Waals surface area contributed by atoms with Crippen molar-refractivity contribution in [3.05, 3.63) is 101 Å². The molecule has 3 aromatic heterocycles. The van der Waals surface area contributed by atoms with Crippen molar-refractivity contribution in [3.8, 4) is 16.9 Å². The Balaban J connectivity index is 1.35. The number of halogens is 1. The van der Waals surface area contributed by atoms with Crippen LogP contribution in [-0.2, 0) is 0 Å². The molecule has 0 unspecified atom stereocenters. The molecule has 0 aliphatic heterocycles. The maximum atomic E-state index is 13.0. The van der Waals surface area contributed by atoms with Gasteiger partial charge in [-0.3, -0.25) is 9.78 Å². The number of imidazole rings is 1. The first kappa shape index (κ1) is 22.0. The van der Waals surface area contributed by atoms with E-state index in [0.29, 0.717) is 11.3 Å². The number of carbonyl (C=O) groups is 1. The molecule has 3 heterocycles. The number of carbonyl (C=O) groups excluding carboxylic acids is 1. The molecular formula is C25H19BrN6OS. The Labute approximate surface area is 208 Å². The van der Waals surface area contributed by atoms with Crippen LogP contribution in [-0.4, -0.2) is 25.4 Å². The third-order valence-corrected chi connectivity index (χ3v) is 6.36. The van der Waals surface area contributed by atoms with Crippen LogP contribution < -0.4 is 10.6 Å². The van der Waals surface area contributed by atoms with Crippen LogP contribution in [0, 0.1) is 6.92 Å². The number of aromatic nitrogens is 4. The van der Waals surface area contributed by atoms with Crippen molar-refractivity contribution in [2.75, 3.05) is 10.6 Å². The fraction of sp³-hybridized carbons (Fsp3) is 0.0400. The normalized spacial score (nSPS) is 10.8. The third kappa shape index (κ3) is 4.90. The second-order valence-corrected chi connectivity index (χ2v) is 9.33. The van der Waals surface area contributed by atoms with Gasteiger partial charge in [-0.15, -0.1) is 11.3 Å². The summed E-state index contributed by atoms with van der Waals surface area (Å²) >= 11 is 5.02. The van der Waals surface area contributed by atoms with Gasteiger partial charge in [-0.1, -0.05) is 22.0 Å². The standard InChI is InChI=1S/C25H19BrN6OS/c1-16-4-5-17(9-22(16)30-25-31-23(14-34-25)18-3-2-6-27-13-18)24(33)29-20-10-19(26)11-21(12-20)32-8-7-28-15-32/h2-15H,1H3,(H,29,33)(H,30,31). The molecule has 2 N–H and O–H groups in total. The Hall–Kier alpha value is -3.82. The number of aryl methyl sites for hydroxylation is 1. The van der Waals surface area contributed by atoms with Crippen molar-refractivity contribution < 1.29 is 4.79 Å². The lowest BCUT2D eigenvalue weighted by atomic mass is 10.1. The SMILES string of the molecule is Cc1ccc(C(=O)Nc2cc(Br)cc(-n3ccnc3)c2)cc1Nc1nc(-c2cccnc2)cs1. The van der Waals surface area contributed by atoms with Gasteiger partial charge in [0.1, 0.15) is 0 Å². The molecule has 5 aromatic rings. The van der Waals surface area contributed by atoms with E-state index in [1.54, 1.807) is 24.9 Å². The minimum atomic E-state index is -0.201. The van der Waals surface area contributed by atoms with Gasteiger partial charge in [-0.25, -0.2) is 9.97 Å². The predicted molar refractivity (Wildman–Crippen MR) is 139 cm³/mol. The first-order valence-electron chi connectivity index (χ1n) is 10.4. The highest BCUT2D eigenvalue weighted by molar-refractivity contribution is 9.10. The summed E-state index contributed by atoms with van der Waals surface area (Å²) in [6.07, 6.45) is 8.80. The second-order valence-electron chi connectivity index (χ2n) is 7.56. The number of nitrogens with one attached hydrogen (secondary N) is 2. The molecule has 2 aromatic carbocycles. The Morgan fingerprint density at radius 1 is 1.09 bits per heavy atom. The molecule has 1 amide bonds. The molecule has 0 saturated carbocycles. The summed E-state index contributed by atoms with van der Waals surface area (Å²) in [5, 5.41) is 9.06. The van der Waals surface area contributed by atoms with E-state index in [-0.39, 0.29) is 5.91 Å². The van der Waals surface area contributed by atoms with Crippen molar-refractivity contribution >= 4 is 49.7 Å². The summed E-state index contributed by atoms with van der Waals surface area (Å²) in [6, 6.07) is 15.1. The number of pyridine rings is 1. The average Bonchev–Trinajstić information content (AvgIpc) is 3.53. The van der Waals surface area contributed by atoms with Crippen LogP contribution in [0.5, 0.6) is 0 Å². The van der Waals surface area contributed by atoms with Crippen LogP contribution in [0.15, 0.2) is 89.5 Å². The summed E-state index contributed by atoms with van der Waals surface area (Å²) < 4.78 is 2.73. The van der Waals surface area contributed by atoms with Gasteiger partial charge in [0, 0.05) is 62.8 Å². The van der Waals surface area contributed by atoms with Crippen molar-refractivity contribution in [2.24, 2.45) is 0 Å². The third-order valence-electron chi connectivity index (χ3n) is 5.15. The lowest BCUT2D eigenvalue weighted by Gasteiger charge is -2.12. The predicted octanol–water partition coefficient (Wildman–Crippen LogP) is 6.46. The highest BCUT2D eigenvalue weighted by Gasteiger charge is 2.12. The maximum absolute atomic E-state index is 13.0. The van der Waals surface area contributed by atoms with E-state index in [2.05, 4.69) is 41.5 Å². The number of amides is 1. The van der Waals surface area contributed by atoms with Gasteiger partial charge in [-0.2, -0.15) is 0 Å². The number of benzene rings is 2. The smallest absolute Gasteiger partial charge is 0.255 e. The van der Waals surface area contributed by atoms with Gasteiger partial charge in [0.25, 0.3) is 5.91 Å². The molecule has 5 rings (SSSR count). The van der Waals surface area contributed by atoms with Gasteiger partial charge in [0.2, 0.25) is 0 Å². The summed E-state index contributed by atoms with van der Waals surface area (Å²) in [5.74, 6) is -0.201. The zero-order chi connectivity index (χ0) is 23.5. The molecule has 34 heavy (non-hydrogen) atoms. The number of hydrogen-bond donors (Lipinski definition) is 2. The second kappa shape index (κ2) is 9.58. The number of hydrogen-bond acceptors (Lipinski definition) is 6. The molecule has 0 bridgehead atoms. The van der Waals surface area contributed by atoms with Crippen molar-refractivity contribution in [3.63, 3.8) is 0 Å². The molecule has 0 radical (unpaired) electrons. The van der Waals surface area contributed by atoms with Gasteiger partial charge in [0.05, 0.1) is 12.0 Å². The van der Waals surface area contributed by atoms with Gasteiger partial charge < -0.3 is 15.2 Å². The summed E-state index contributed by atoms with van der Waals surface area (Å²) in [5.41, 5.74) is 5.77. The minimum absolute atomic E-state index is 0.201. The quantitative estimate of drug-likeness (QED) is 0.263. The van der Waals surface area contributed by atoms with Crippen molar-refractivity contribution in [2.45, 2.75) is 6.92 Å². The molecule has 9 heteroatoms. The number of rotatable bonds is 6. The Kier molecular flexibility index (Phi) is 6.20. The van der Waals surface area contributed by atoms with Crippen molar-refractivity contribution in [1.82, 2.24) is 19.5 Å². The summed E-state index contributed by atoms with van der Waals surface area (Å²) in [6.45, 7) is 1.99. The van der Waals surface area contributed by atoms with Crippen LogP contribution in [0.1, 0.15) is 15.9 Å². The van der Waals surface area contributed by atoms with E-state index >= 15 is 0 Å².